The van der Waals surface area contributed by atoms with Crippen LogP contribution in [0.5, 0.6) is 0 Å². The Morgan fingerprint density at radius 1 is 1.35 bits per heavy atom. The Balaban J connectivity index is 1.91. The summed E-state index contributed by atoms with van der Waals surface area (Å²) in [5, 5.41) is 12.3. The normalized spacial score (nSPS) is 16.1. The van der Waals surface area contributed by atoms with Gasteiger partial charge < -0.3 is 15.3 Å². The van der Waals surface area contributed by atoms with Crippen molar-refractivity contribution < 1.29 is 9.90 Å². The summed E-state index contributed by atoms with van der Waals surface area (Å²) in [6.45, 7) is 6.11. The molecule has 2 heterocycles. The number of nitrogens with one attached hydrogen (secondary N) is 1. The second kappa shape index (κ2) is 7.24. The number of pyridine rings is 1. The van der Waals surface area contributed by atoms with Gasteiger partial charge in [0.05, 0.1) is 5.56 Å². The molecule has 110 valence electrons. The molecule has 0 saturated carbocycles. The first-order valence-electron chi connectivity index (χ1n) is 7.39. The Labute approximate surface area is 120 Å². The second-order valence-corrected chi connectivity index (χ2v) is 5.22. The van der Waals surface area contributed by atoms with Crippen LogP contribution in [0.4, 0.5) is 5.82 Å². The first-order chi connectivity index (χ1) is 9.69. The Kier molecular flexibility index (Phi) is 5.35. The smallest absolute Gasteiger partial charge is 0.335 e. The summed E-state index contributed by atoms with van der Waals surface area (Å²) in [5.41, 5.74) is 1.11. The molecule has 1 aliphatic rings. The van der Waals surface area contributed by atoms with Crippen LogP contribution in [0.3, 0.4) is 0 Å². The van der Waals surface area contributed by atoms with Crippen LogP contribution < -0.4 is 5.32 Å². The van der Waals surface area contributed by atoms with Crippen LogP contribution in [0, 0.1) is 0 Å². The van der Waals surface area contributed by atoms with Crippen LogP contribution in [-0.2, 0) is 6.42 Å². The summed E-state index contributed by atoms with van der Waals surface area (Å²) in [7, 11) is 0. The van der Waals surface area contributed by atoms with E-state index >= 15 is 0 Å². The van der Waals surface area contributed by atoms with Gasteiger partial charge in [-0.1, -0.05) is 13.3 Å². The van der Waals surface area contributed by atoms with Gasteiger partial charge in [-0.3, -0.25) is 0 Å². The summed E-state index contributed by atoms with van der Waals surface area (Å²) >= 11 is 0. The predicted octanol–water partition coefficient (Wildman–Crippen LogP) is 2.24. The van der Waals surface area contributed by atoms with Crippen LogP contribution in [0.25, 0.3) is 0 Å². The number of carboxylic acids is 1. The Morgan fingerprint density at radius 2 is 2.10 bits per heavy atom. The number of nitrogens with zero attached hydrogens (tertiary/aromatic N) is 2. The average molecular weight is 277 g/mol. The van der Waals surface area contributed by atoms with Gasteiger partial charge in [0.15, 0.2) is 0 Å². The number of carbonyl (C=O) groups is 1. The quantitative estimate of drug-likeness (QED) is 0.835. The number of rotatable bonds is 6. The predicted molar refractivity (Wildman–Crippen MR) is 79.4 cm³/mol. The van der Waals surface area contributed by atoms with E-state index < -0.39 is 5.97 Å². The molecule has 0 unspecified atom stereocenters. The van der Waals surface area contributed by atoms with Gasteiger partial charge in [0, 0.05) is 18.8 Å². The van der Waals surface area contributed by atoms with Crippen molar-refractivity contribution in [1.82, 2.24) is 9.88 Å². The molecule has 1 saturated heterocycles. The number of anilines is 1. The summed E-state index contributed by atoms with van der Waals surface area (Å²) in [6, 6.07) is 3.25. The van der Waals surface area contributed by atoms with Gasteiger partial charge in [-0.25, -0.2) is 9.78 Å². The summed E-state index contributed by atoms with van der Waals surface area (Å²) in [6.07, 6.45) is 4.65. The Hall–Kier alpha value is -1.62. The fourth-order valence-corrected chi connectivity index (χ4v) is 2.51. The van der Waals surface area contributed by atoms with Gasteiger partial charge in [0.2, 0.25) is 0 Å². The van der Waals surface area contributed by atoms with Crippen molar-refractivity contribution >= 4 is 11.8 Å². The molecule has 2 N–H and O–H groups in total. The lowest BCUT2D eigenvalue weighted by atomic mass is 10.1. The maximum absolute atomic E-state index is 11.1. The SMILES string of the molecule is CCc1cc(C(=O)O)cc(NCCN2CCCCC2)n1. The minimum Gasteiger partial charge on any atom is -0.478 e. The highest BCUT2D eigenvalue weighted by Gasteiger charge is 2.10. The monoisotopic (exact) mass is 277 g/mol. The highest BCUT2D eigenvalue weighted by molar-refractivity contribution is 5.88. The fraction of sp³-hybridized carbons (Fsp3) is 0.600. The van der Waals surface area contributed by atoms with E-state index in [1.165, 1.54) is 32.4 Å². The number of aromatic carboxylic acids is 1. The zero-order chi connectivity index (χ0) is 14.4. The summed E-state index contributed by atoms with van der Waals surface area (Å²) in [4.78, 5) is 17.9. The van der Waals surface area contributed by atoms with Crippen LogP contribution in [-0.4, -0.2) is 47.1 Å². The zero-order valence-electron chi connectivity index (χ0n) is 12.1. The third kappa shape index (κ3) is 4.20. The lowest BCUT2D eigenvalue weighted by Gasteiger charge is -2.26. The molecule has 1 aliphatic heterocycles. The molecular formula is C15H23N3O2. The zero-order valence-corrected chi connectivity index (χ0v) is 12.1. The standard InChI is InChI=1S/C15H23N3O2/c1-2-13-10-12(15(19)20)11-14(17-13)16-6-9-18-7-4-3-5-8-18/h10-11H,2-9H2,1H3,(H,16,17)(H,19,20). The highest BCUT2D eigenvalue weighted by Crippen LogP contribution is 2.12. The van der Waals surface area contributed by atoms with E-state index in [1.807, 2.05) is 6.92 Å². The molecule has 1 fully saturated rings. The van der Waals surface area contributed by atoms with Crippen molar-refractivity contribution in [2.75, 3.05) is 31.5 Å². The molecule has 0 radical (unpaired) electrons. The molecule has 0 spiro atoms. The lowest BCUT2D eigenvalue weighted by molar-refractivity contribution is 0.0696. The van der Waals surface area contributed by atoms with E-state index in [4.69, 9.17) is 5.11 Å². The van der Waals surface area contributed by atoms with Gasteiger partial charge in [-0.15, -0.1) is 0 Å². The second-order valence-electron chi connectivity index (χ2n) is 5.22. The molecule has 5 heteroatoms. The molecule has 0 aromatic carbocycles. The minimum absolute atomic E-state index is 0.303. The summed E-state index contributed by atoms with van der Waals surface area (Å²) < 4.78 is 0. The topological polar surface area (TPSA) is 65.5 Å². The average Bonchev–Trinajstić information content (AvgIpc) is 2.48. The van der Waals surface area contributed by atoms with Crippen molar-refractivity contribution in [2.45, 2.75) is 32.6 Å². The lowest BCUT2D eigenvalue weighted by Crippen LogP contribution is -2.33. The first kappa shape index (κ1) is 14.8. The molecule has 0 bridgehead atoms. The van der Waals surface area contributed by atoms with Crippen molar-refractivity contribution in [2.24, 2.45) is 0 Å². The molecule has 20 heavy (non-hydrogen) atoms. The number of carboxylic acid groups (broad SMARTS) is 1. The number of aromatic nitrogens is 1. The number of hydrogen-bond donors (Lipinski definition) is 2. The maximum atomic E-state index is 11.1. The van der Waals surface area contributed by atoms with Gasteiger partial charge in [-0.2, -0.15) is 0 Å². The highest BCUT2D eigenvalue weighted by atomic mass is 16.4. The molecule has 0 atom stereocenters. The molecule has 2 rings (SSSR count). The van der Waals surface area contributed by atoms with Crippen LogP contribution >= 0.6 is 0 Å². The van der Waals surface area contributed by atoms with Crippen molar-refractivity contribution in [1.29, 1.82) is 0 Å². The largest absolute Gasteiger partial charge is 0.478 e. The molecule has 0 amide bonds. The van der Waals surface area contributed by atoms with E-state index in [0.717, 1.165) is 25.2 Å². The van der Waals surface area contributed by atoms with Crippen molar-refractivity contribution in [3.63, 3.8) is 0 Å². The van der Waals surface area contributed by atoms with E-state index in [2.05, 4.69) is 15.2 Å². The Morgan fingerprint density at radius 3 is 2.75 bits per heavy atom. The van der Waals surface area contributed by atoms with Crippen molar-refractivity contribution in [3.05, 3.63) is 23.4 Å². The van der Waals surface area contributed by atoms with E-state index in [1.54, 1.807) is 12.1 Å². The third-order valence-corrected chi connectivity index (χ3v) is 3.67. The van der Waals surface area contributed by atoms with Crippen LogP contribution in [0.1, 0.15) is 42.2 Å². The fourth-order valence-electron chi connectivity index (χ4n) is 2.51. The Bertz CT molecular complexity index is 456. The summed E-state index contributed by atoms with van der Waals surface area (Å²) in [5.74, 6) is -0.236. The minimum atomic E-state index is -0.902. The van der Waals surface area contributed by atoms with Crippen LogP contribution in [0.15, 0.2) is 12.1 Å². The van der Waals surface area contributed by atoms with Crippen molar-refractivity contribution in [3.8, 4) is 0 Å². The number of hydrogen-bond acceptors (Lipinski definition) is 4. The van der Waals surface area contributed by atoms with Gasteiger partial charge in [0.1, 0.15) is 5.82 Å². The van der Waals surface area contributed by atoms with Gasteiger partial charge >= 0.3 is 5.97 Å². The number of piperidine rings is 1. The third-order valence-electron chi connectivity index (χ3n) is 3.67. The molecular weight excluding hydrogens is 254 g/mol. The van der Waals surface area contributed by atoms with Gasteiger partial charge in [0.25, 0.3) is 0 Å². The number of aryl methyl sites for hydroxylation is 1. The first-order valence-corrected chi connectivity index (χ1v) is 7.39. The molecule has 1 aromatic heterocycles. The van der Waals surface area contributed by atoms with E-state index in [0.29, 0.717) is 11.4 Å². The van der Waals surface area contributed by atoms with Crippen LogP contribution in [0.2, 0.25) is 0 Å². The van der Waals surface area contributed by atoms with E-state index in [-0.39, 0.29) is 0 Å². The molecule has 5 nitrogen and oxygen atoms in total. The van der Waals surface area contributed by atoms with E-state index in [9.17, 15) is 4.79 Å². The molecule has 1 aromatic rings. The number of likely N-dealkylation sites (tertiary alicyclic amines) is 1. The maximum Gasteiger partial charge on any atom is 0.335 e. The molecule has 0 aliphatic carbocycles. The van der Waals surface area contributed by atoms with Gasteiger partial charge in [-0.05, 0) is 44.5 Å².